The normalized spacial score (nSPS) is 11.8. The van der Waals surface area contributed by atoms with Crippen molar-refractivity contribution in [2.24, 2.45) is 12.0 Å². The summed E-state index contributed by atoms with van der Waals surface area (Å²) in [4.78, 5) is 9.98. The molecule has 0 amide bonds. The molecule has 2 aromatic rings. The van der Waals surface area contributed by atoms with Gasteiger partial charge < -0.3 is 19.5 Å². The number of rotatable bonds is 6. The molecule has 0 bridgehead atoms. The van der Waals surface area contributed by atoms with E-state index >= 15 is 0 Å². The zero-order valence-corrected chi connectivity index (χ0v) is 19.5. The first-order valence-corrected chi connectivity index (χ1v) is 8.84. The van der Waals surface area contributed by atoms with Crippen molar-refractivity contribution in [1.29, 1.82) is 0 Å². The minimum atomic E-state index is -4.40. The van der Waals surface area contributed by atoms with Crippen molar-refractivity contribution in [1.82, 2.24) is 19.8 Å². The van der Waals surface area contributed by atoms with Crippen LogP contribution < -0.4 is 10.1 Å². The Hall–Kier alpha value is -1.50. The molecular weight excluding hydrogens is 554 g/mol. The Bertz CT molecular complexity index is 797. The summed E-state index contributed by atoms with van der Waals surface area (Å²) in [6.07, 6.45) is -1.01. The van der Waals surface area contributed by atoms with E-state index in [1.165, 1.54) is 12.3 Å². The maximum atomic E-state index is 12.2. The molecular formula is C17H22BrF3IN5O. The van der Waals surface area contributed by atoms with Gasteiger partial charge in [-0.15, -0.1) is 24.0 Å². The number of aromatic nitrogens is 2. The van der Waals surface area contributed by atoms with Gasteiger partial charge >= 0.3 is 6.18 Å². The van der Waals surface area contributed by atoms with Crippen molar-refractivity contribution in [2.45, 2.75) is 19.3 Å². The number of halogens is 5. The van der Waals surface area contributed by atoms with Crippen LogP contribution in [0.1, 0.15) is 11.3 Å². The SMILES string of the molecule is CN=C(NCc1ccnc(OCC(F)(F)F)c1)N(C)Cc1cc(Br)cn1C.I. The Balaban J connectivity index is 0.00000392. The fourth-order valence-electron chi connectivity index (χ4n) is 2.40. The first-order chi connectivity index (χ1) is 12.7. The number of pyridine rings is 1. The van der Waals surface area contributed by atoms with Crippen LogP contribution in [0.25, 0.3) is 0 Å². The van der Waals surface area contributed by atoms with Gasteiger partial charge in [0.15, 0.2) is 12.6 Å². The van der Waals surface area contributed by atoms with Crippen LogP contribution in [0.5, 0.6) is 5.88 Å². The molecule has 0 aliphatic carbocycles. The largest absolute Gasteiger partial charge is 0.468 e. The molecule has 0 atom stereocenters. The number of hydrogen-bond donors (Lipinski definition) is 1. The lowest BCUT2D eigenvalue weighted by Gasteiger charge is -2.22. The molecule has 11 heteroatoms. The van der Waals surface area contributed by atoms with Gasteiger partial charge in [0.2, 0.25) is 5.88 Å². The van der Waals surface area contributed by atoms with Crippen molar-refractivity contribution < 1.29 is 17.9 Å². The standard InChI is InChI=1S/C17H21BrF3N5O.HI/c1-22-16(26(3)10-14-7-13(18)9-25(14)2)24-8-12-4-5-23-15(6-12)27-11-17(19,20)21;/h4-7,9H,8,10-11H2,1-3H3,(H,22,24);1H. The predicted molar refractivity (Wildman–Crippen MR) is 116 cm³/mol. The average Bonchev–Trinajstić information content (AvgIpc) is 2.90. The van der Waals surface area contributed by atoms with E-state index in [-0.39, 0.29) is 29.9 Å². The molecule has 0 unspecified atom stereocenters. The Morgan fingerprint density at radius 2 is 2.11 bits per heavy atom. The van der Waals surface area contributed by atoms with Gasteiger partial charge in [0, 0.05) is 56.3 Å². The van der Waals surface area contributed by atoms with E-state index in [9.17, 15) is 13.2 Å². The quantitative estimate of drug-likeness (QED) is 0.322. The molecule has 0 aliphatic heterocycles. The maximum Gasteiger partial charge on any atom is 0.422 e. The number of nitrogens with one attached hydrogen (secondary N) is 1. The highest BCUT2D eigenvalue weighted by atomic mass is 127. The molecule has 1 N–H and O–H groups in total. The number of alkyl halides is 3. The summed E-state index contributed by atoms with van der Waals surface area (Å²) in [7, 11) is 5.54. The van der Waals surface area contributed by atoms with Crippen LogP contribution in [0.3, 0.4) is 0 Å². The topological polar surface area (TPSA) is 54.7 Å². The van der Waals surface area contributed by atoms with Crippen LogP contribution in [0.2, 0.25) is 0 Å². The Morgan fingerprint density at radius 1 is 1.39 bits per heavy atom. The highest BCUT2D eigenvalue weighted by Gasteiger charge is 2.28. The Morgan fingerprint density at radius 3 is 2.68 bits per heavy atom. The predicted octanol–water partition coefficient (Wildman–Crippen LogP) is 3.95. The first-order valence-electron chi connectivity index (χ1n) is 8.05. The second-order valence-corrected chi connectivity index (χ2v) is 6.84. The molecule has 2 rings (SSSR count). The first kappa shape index (κ1) is 24.5. The molecule has 0 saturated heterocycles. The highest BCUT2D eigenvalue weighted by molar-refractivity contribution is 14.0. The number of ether oxygens (including phenoxy) is 1. The molecule has 0 aliphatic rings. The van der Waals surface area contributed by atoms with E-state index in [1.54, 1.807) is 13.1 Å². The second kappa shape index (κ2) is 10.9. The van der Waals surface area contributed by atoms with Gasteiger partial charge in [-0.05, 0) is 33.6 Å². The Labute approximate surface area is 187 Å². The molecule has 0 radical (unpaired) electrons. The molecule has 2 aromatic heterocycles. The number of nitrogens with zero attached hydrogens (tertiary/aromatic N) is 4. The molecule has 0 saturated carbocycles. The van der Waals surface area contributed by atoms with Gasteiger partial charge in [0.25, 0.3) is 0 Å². The lowest BCUT2D eigenvalue weighted by atomic mass is 10.2. The summed E-state index contributed by atoms with van der Waals surface area (Å²) >= 11 is 3.45. The van der Waals surface area contributed by atoms with Crippen molar-refractivity contribution in [2.75, 3.05) is 20.7 Å². The lowest BCUT2D eigenvalue weighted by molar-refractivity contribution is -0.154. The fourth-order valence-corrected chi connectivity index (χ4v) is 2.97. The minimum Gasteiger partial charge on any atom is -0.468 e. The molecule has 28 heavy (non-hydrogen) atoms. The smallest absolute Gasteiger partial charge is 0.422 e. The zero-order valence-electron chi connectivity index (χ0n) is 15.6. The van der Waals surface area contributed by atoms with Crippen LogP contribution in [0, 0.1) is 0 Å². The van der Waals surface area contributed by atoms with E-state index in [2.05, 4.69) is 36.0 Å². The van der Waals surface area contributed by atoms with Crippen LogP contribution in [-0.2, 0) is 20.1 Å². The summed E-state index contributed by atoms with van der Waals surface area (Å²) in [6.45, 7) is -0.357. The van der Waals surface area contributed by atoms with Crippen LogP contribution >= 0.6 is 39.9 Å². The van der Waals surface area contributed by atoms with E-state index in [0.717, 1.165) is 15.7 Å². The monoisotopic (exact) mass is 575 g/mol. The second-order valence-electron chi connectivity index (χ2n) is 5.92. The molecule has 0 aromatic carbocycles. The number of aliphatic imine (C=N–C) groups is 1. The molecule has 0 fully saturated rings. The van der Waals surface area contributed by atoms with E-state index in [1.807, 2.05) is 35.8 Å². The van der Waals surface area contributed by atoms with E-state index in [4.69, 9.17) is 0 Å². The fraction of sp³-hybridized carbons (Fsp3) is 0.412. The third-order valence-corrected chi connectivity index (χ3v) is 4.11. The highest BCUT2D eigenvalue weighted by Crippen LogP contribution is 2.18. The third kappa shape index (κ3) is 7.86. The number of aryl methyl sites for hydroxylation is 1. The minimum absolute atomic E-state index is 0. The van der Waals surface area contributed by atoms with Crippen LogP contribution in [0.4, 0.5) is 13.2 Å². The lowest BCUT2D eigenvalue weighted by Crippen LogP contribution is -2.38. The van der Waals surface area contributed by atoms with E-state index in [0.29, 0.717) is 19.0 Å². The van der Waals surface area contributed by atoms with Gasteiger partial charge in [-0.3, -0.25) is 4.99 Å². The molecule has 6 nitrogen and oxygen atoms in total. The maximum absolute atomic E-state index is 12.2. The van der Waals surface area contributed by atoms with Gasteiger partial charge in [-0.2, -0.15) is 13.2 Å². The molecule has 156 valence electrons. The summed E-state index contributed by atoms with van der Waals surface area (Å²) in [6, 6.07) is 5.20. The van der Waals surface area contributed by atoms with Crippen LogP contribution in [-0.4, -0.2) is 47.3 Å². The summed E-state index contributed by atoms with van der Waals surface area (Å²) in [5.41, 5.74) is 1.83. The van der Waals surface area contributed by atoms with Gasteiger partial charge in [0.1, 0.15) is 0 Å². The van der Waals surface area contributed by atoms with Crippen LogP contribution in [0.15, 0.2) is 40.1 Å². The summed E-state index contributed by atoms with van der Waals surface area (Å²) in [5, 5.41) is 3.18. The van der Waals surface area contributed by atoms with Crippen molar-refractivity contribution in [3.8, 4) is 5.88 Å². The van der Waals surface area contributed by atoms with Crippen molar-refractivity contribution in [3.05, 3.63) is 46.3 Å². The summed E-state index contributed by atoms with van der Waals surface area (Å²) < 4.78 is 44.4. The van der Waals surface area contributed by atoms with Gasteiger partial charge in [-0.25, -0.2) is 4.98 Å². The van der Waals surface area contributed by atoms with Gasteiger partial charge in [-0.1, -0.05) is 0 Å². The number of guanidine groups is 1. The Kier molecular flexibility index (Phi) is 9.54. The van der Waals surface area contributed by atoms with Gasteiger partial charge in [0.05, 0.1) is 6.54 Å². The van der Waals surface area contributed by atoms with E-state index < -0.39 is 12.8 Å². The molecule has 2 heterocycles. The average molecular weight is 576 g/mol. The molecule has 0 spiro atoms. The van der Waals surface area contributed by atoms with Crippen molar-refractivity contribution in [3.63, 3.8) is 0 Å². The number of hydrogen-bond acceptors (Lipinski definition) is 3. The zero-order chi connectivity index (χ0) is 20.0. The third-order valence-electron chi connectivity index (χ3n) is 3.68. The summed E-state index contributed by atoms with van der Waals surface area (Å²) in [5.74, 6) is 0.588. The van der Waals surface area contributed by atoms with Crippen molar-refractivity contribution >= 4 is 45.9 Å².